The molecule has 0 radical (unpaired) electrons. The second-order valence-electron chi connectivity index (χ2n) is 8.73. The molecule has 2 aliphatic heterocycles. The molecular weight excluding hydrogens is 443 g/mol. The van der Waals surface area contributed by atoms with Crippen molar-refractivity contribution < 1.29 is 9.18 Å². The lowest BCUT2D eigenvalue weighted by Gasteiger charge is -2.14. The molecule has 0 spiro atoms. The number of carbonyl (C=O) groups is 1. The van der Waals surface area contributed by atoms with Crippen LogP contribution in [0.2, 0.25) is 0 Å². The van der Waals surface area contributed by atoms with Gasteiger partial charge in [0, 0.05) is 23.8 Å². The summed E-state index contributed by atoms with van der Waals surface area (Å²) in [4.78, 5) is 25.8. The van der Waals surface area contributed by atoms with Gasteiger partial charge in [-0.25, -0.2) is 9.07 Å². The van der Waals surface area contributed by atoms with Crippen LogP contribution >= 0.6 is 0 Å². The van der Waals surface area contributed by atoms with Crippen LogP contribution in [0, 0.1) is 12.7 Å². The zero-order valence-electron chi connectivity index (χ0n) is 19.6. The van der Waals surface area contributed by atoms with Crippen molar-refractivity contribution in [1.82, 2.24) is 14.3 Å². The number of carbonyl (C=O) groups excluding carboxylic acids is 1. The van der Waals surface area contributed by atoms with E-state index in [9.17, 15) is 14.0 Å². The first-order valence-electron chi connectivity index (χ1n) is 11.5. The minimum Gasteiger partial charge on any atom is -0.342 e. The van der Waals surface area contributed by atoms with E-state index in [1.165, 1.54) is 17.7 Å². The molecule has 7 heteroatoms. The Balaban J connectivity index is 1.52. The molecule has 0 saturated heterocycles. The highest BCUT2D eigenvalue weighted by molar-refractivity contribution is 5.94. The third-order valence-electron chi connectivity index (χ3n) is 6.12. The maximum Gasteiger partial charge on any atom is 0.278 e. The summed E-state index contributed by atoms with van der Waals surface area (Å²) >= 11 is 0. The van der Waals surface area contributed by atoms with Crippen LogP contribution in [0.4, 0.5) is 10.1 Å². The second kappa shape index (κ2) is 9.18. The van der Waals surface area contributed by atoms with Crippen LogP contribution in [0.5, 0.6) is 0 Å². The molecule has 2 heterocycles. The Hall–Kier alpha value is -4.26. The normalized spacial score (nSPS) is 11.3. The Morgan fingerprint density at radius 1 is 1.03 bits per heavy atom. The number of hydrogen-bond acceptors (Lipinski definition) is 3. The van der Waals surface area contributed by atoms with Gasteiger partial charge in [0.05, 0.1) is 11.1 Å². The molecule has 35 heavy (non-hydrogen) atoms. The van der Waals surface area contributed by atoms with Gasteiger partial charge < -0.3 is 9.88 Å². The van der Waals surface area contributed by atoms with E-state index >= 15 is 0 Å². The Bertz CT molecular complexity index is 1570. The Kier molecular flexibility index (Phi) is 5.91. The average Bonchev–Trinajstić information content (AvgIpc) is 3.14. The van der Waals surface area contributed by atoms with Crippen LogP contribution in [0.3, 0.4) is 0 Å². The average molecular weight is 469 g/mol. The van der Waals surface area contributed by atoms with E-state index in [0.29, 0.717) is 28.9 Å². The van der Waals surface area contributed by atoms with Crippen molar-refractivity contribution in [2.45, 2.75) is 33.4 Å². The predicted molar refractivity (Wildman–Crippen MR) is 135 cm³/mol. The number of anilines is 1. The van der Waals surface area contributed by atoms with Crippen molar-refractivity contribution in [2.75, 3.05) is 5.32 Å². The smallest absolute Gasteiger partial charge is 0.278 e. The molecular formula is C28H25FN4O2. The molecule has 176 valence electrons. The van der Waals surface area contributed by atoms with E-state index in [2.05, 4.69) is 23.4 Å². The predicted octanol–water partition coefficient (Wildman–Crippen LogP) is 5.00. The van der Waals surface area contributed by atoms with Crippen LogP contribution in [-0.2, 0) is 24.3 Å². The largest absolute Gasteiger partial charge is 0.342 e. The fourth-order valence-corrected chi connectivity index (χ4v) is 4.35. The molecule has 0 unspecified atom stereocenters. The van der Waals surface area contributed by atoms with Crippen molar-refractivity contribution in [3.05, 3.63) is 106 Å². The lowest BCUT2D eigenvalue weighted by molar-refractivity contribution is -0.116. The topological polar surface area (TPSA) is 68.9 Å². The van der Waals surface area contributed by atoms with Gasteiger partial charge in [-0.05, 0) is 54.8 Å². The number of amides is 1. The van der Waals surface area contributed by atoms with Crippen molar-refractivity contribution in [1.29, 1.82) is 0 Å². The first kappa shape index (κ1) is 22.5. The van der Waals surface area contributed by atoms with E-state index in [1.807, 2.05) is 54.0 Å². The van der Waals surface area contributed by atoms with Crippen LogP contribution < -0.4 is 10.9 Å². The number of halogens is 1. The summed E-state index contributed by atoms with van der Waals surface area (Å²) in [6.45, 7) is 4.36. The Morgan fingerprint density at radius 3 is 2.57 bits per heavy atom. The summed E-state index contributed by atoms with van der Waals surface area (Å²) < 4.78 is 17.3. The van der Waals surface area contributed by atoms with E-state index in [-0.39, 0.29) is 18.0 Å². The fourth-order valence-electron chi connectivity index (χ4n) is 4.35. The summed E-state index contributed by atoms with van der Waals surface area (Å²) in [6, 6.07) is 20.1. The monoisotopic (exact) mass is 468 g/mol. The number of aromatic nitrogens is 3. The van der Waals surface area contributed by atoms with Crippen LogP contribution in [0.15, 0.2) is 77.7 Å². The van der Waals surface area contributed by atoms with Crippen molar-refractivity contribution in [3.63, 3.8) is 0 Å². The molecule has 0 bridgehead atoms. The van der Waals surface area contributed by atoms with Gasteiger partial charge in [0.2, 0.25) is 5.91 Å². The molecule has 0 atom stereocenters. The number of benzene rings is 3. The number of nitrogens with one attached hydrogen (secondary N) is 1. The van der Waals surface area contributed by atoms with Crippen molar-refractivity contribution in [2.24, 2.45) is 0 Å². The first-order chi connectivity index (χ1) is 16.9. The molecule has 0 saturated carbocycles. The molecule has 0 fully saturated rings. The highest BCUT2D eigenvalue weighted by Gasteiger charge is 2.22. The van der Waals surface area contributed by atoms with Gasteiger partial charge in [0.15, 0.2) is 0 Å². The van der Waals surface area contributed by atoms with Gasteiger partial charge >= 0.3 is 0 Å². The first-order valence-corrected chi connectivity index (χ1v) is 11.5. The second-order valence-corrected chi connectivity index (χ2v) is 8.73. The van der Waals surface area contributed by atoms with Crippen LogP contribution in [0.25, 0.3) is 22.2 Å². The van der Waals surface area contributed by atoms with Gasteiger partial charge in [-0.2, -0.15) is 5.10 Å². The van der Waals surface area contributed by atoms with Crippen LogP contribution in [-0.4, -0.2) is 20.3 Å². The number of pyridine rings is 1. The fraction of sp³-hybridized carbons (Fsp3) is 0.179. The van der Waals surface area contributed by atoms with E-state index in [4.69, 9.17) is 0 Å². The molecule has 5 rings (SSSR count). The highest BCUT2D eigenvalue weighted by atomic mass is 19.1. The standard InChI is InChI=1S/C28H25FN4O2/c1-3-19-7-10-22(11-8-19)30-26(34)17-33-28(35)24-16-32(15-20-6-4-5-18(2)13-20)25-12-9-21(29)14-23(25)27(24)31-33/h4-14,16H,3,15,17H2,1-2H3,(H,30,34). The van der Waals surface area contributed by atoms with E-state index in [0.717, 1.165) is 27.7 Å². The van der Waals surface area contributed by atoms with Crippen LogP contribution in [0.1, 0.15) is 23.6 Å². The number of fused-ring (bicyclic) bond motifs is 3. The Labute approximate surface area is 202 Å². The molecule has 3 aromatic carbocycles. The summed E-state index contributed by atoms with van der Waals surface area (Å²) in [5.41, 5.74) is 5.11. The lowest BCUT2D eigenvalue weighted by atomic mass is 10.1. The number of hydrogen-bond donors (Lipinski definition) is 1. The van der Waals surface area contributed by atoms with E-state index in [1.54, 1.807) is 12.3 Å². The molecule has 3 aromatic rings. The molecule has 0 aliphatic carbocycles. The summed E-state index contributed by atoms with van der Waals surface area (Å²) in [5.74, 6) is -0.773. The zero-order chi connectivity index (χ0) is 24.5. The molecule has 1 amide bonds. The minimum absolute atomic E-state index is 0.238. The summed E-state index contributed by atoms with van der Waals surface area (Å²) in [6.07, 6.45) is 2.65. The third kappa shape index (κ3) is 4.57. The molecule has 1 N–H and O–H groups in total. The van der Waals surface area contributed by atoms with E-state index < -0.39 is 5.82 Å². The van der Waals surface area contributed by atoms with Gasteiger partial charge in [-0.15, -0.1) is 0 Å². The van der Waals surface area contributed by atoms with Gasteiger partial charge in [0.25, 0.3) is 5.56 Å². The zero-order valence-corrected chi connectivity index (χ0v) is 19.6. The number of rotatable bonds is 6. The summed E-state index contributed by atoms with van der Waals surface area (Å²) in [5, 5.41) is 7.75. The number of nitrogens with zero attached hydrogens (tertiary/aromatic N) is 3. The SMILES string of the molecule is CCc1ccc(NC(=O)Cn2nc3c4cc(F)ccc4n(Cc4cccc(C)c4)cc-3c2=O)cc1. The maximum absolute atomic E-state index is 14.2. The van der Waals surface area contributed by atoms with Crippen molar-refractivity contribution >= 4 is 22.5 Å². The molecule has 0 aromatic heterocycles. The quantitative estimate of drug-likeness (QED) is 0.381. The van der Waals surface area contributed by atoms with Gasteiger partial charge in [-0.3, -0.25) is 9.59 Å². The highest BCUT2D eigenvalue weighted by Crippen LogP contribution is 2.29. The lowest BCUT2D eigenvalue weighted by Crippen LogP contribution is -2.26. The maximum atomic E-state index is 14.2. The van der Waals surface area contributed by atoms with Crippen molar-refractivity contribution in [3.8, 4) is 11.3 Å². The van der Waals surface area contributed by atoms with Gasteiger partial charge in [0.1, 0.15) is 18.1 Å². The molecule has 2 aliphatic rings. The molecule has 6 nitrogen and oxygen atoms in total. The minimum atomic E-state index is -0.414. The number of aryl methyl sites for hydroxylation is 2. The summed E-state index contributed by atoms with van der Waals surface area (Å²) in [7, 11) is 0. The third-order valence-corrected chi connectivity index (χ3v) is 6.12. The van der Waals surface area contributed by atoms with Gasteiger partial charge in [-0.1, -0.05) is 48.9 Å². The Morgan fingerprint density at radius 2 is 1.83 bits per heavy atom.